The highest BCUT2D eigenvalue weighted by atomic mass is 32.2. The number of nitrogens with one attached hydrogen (secondary N) is 1. The van der Waals surface area contributed by atoms with Gasteiger partial charge in [-0.1, -0.05) is 43.2 Å². The topological polar surface area (TPSA) is 84.9 Å². The number of carbonyl (C=O) groups is 1. The van der Waals surface area contributed by atoms with E-state index in [1.54, 1.807) is 12.1 Å². The Morgan fingerprint density at radius 3 is 2.55 bits per heavy atom. The zero-order chi connectivity index (χ0) is 23.0. The predicted molar refractivity (Wildman–Crippen MR) is 124 cm³/mol. The van der Waals surface area contributed by atoms with Crippen LogP contribution >= 0.6 is 0 Å². The normalized spacial score (nSPS) is 25.8. The lowest BCUT2D eigenvalue weighted by Crippen LogP contribution is -2.49. The molecule has 1 saturated carbocycles. The summed E-state index contributed by atoms with van der Waals surface area (Å²) in [7, 11) is -3.90. The molecule has 0 radical (unpaired) electrons. The monoisotopic (exact) mass is 470 g/mol. The third-order valence-electron chi connectivity index (χ3n) is 7.08. The first-order chi connectivity index (χ1) is 15.9. The molecule has 3 aliphatic rings. The fourth-order valence-corrected chi connectivity index (χ4v) is 7.32. The summed E-state index contributed by atoms with van der Waals surface area (Å²) in [5, 5.41) is 3.06. The van der Waals surface area contributed by atoms with E-state index >= 15 is 0 Å². The van der Waals surface area contributed by atoms with E-state index in [-0.39, 0.29) is 28.8 Å². The zero-order valence-corrected chi connectivity index (χ0v) is 19.6. The molecular weight excluding hydrogens is 440 g/mol. The molecule has 176 valence electrons. The molecule has 2 aromatic rings. The maximum atomic E-state index is 13.9. The van der Waals surface area contributed by atoms with Crippen molar-refractivity contribution in [1.82, 2.24) is 9.62 Å². The van der Waals surface area contributed by atoms with Crippen molar-refractivity contribution in [3.63, 3.8) is 0 Å². The molecule has 5 rings (SSSR count). The highest BCUT2D eigenvalue weighted by Crippen LogP contribution is 2.44. The Kier molecular flexibility index (Phi) is 6.05. The average Bonchev–Trinajstić information content (AvgIpc) is 3.25. The molecule has 2 aliphatic heterocycles. The van der Waals surface area contributed by atoms with E-state index in [0.717, 1.165) is 31.2 Å². The number of carbonyl (C=O) groups excluding carboxylic acids is 1. The van der Waals surface area contributed by atoms with Gasteiger partial charge in [-0.15, -0.1) is 0 Å². The minimum atomic E-state index is -3.90. The van der Waals surface area contributed by atoms with Crippen molar-refractivity contribution in [2.45, 2.75) is 62.0 Å². The van der Waals surface area contributed by atoms with Gasteiger partial charge in [-0.25, -0.2) is 8.42 Å². The van der Waals surface area contributed by atoms with Gasteiger partial charge in [0, 0.05) is 12.1 Å². The first-order valence-electron chi connectivity index (χ1n) is 11.7. The minimum Gasteiger partial charge on any atom is -0.486 e. The van der Waals surface area contributed by atoms with Crippen LogP contribution in [0.5, 0.6) is 11.5 Å². The highest BCUT2D eigenvalue weighted by Gasteiger charge is 2.51. The third-order valence-corrected chi connectivity index (χ3v) is 9.01. The van der Waals surface area contributed by atoms with Crippen LogP contribution in [-0.2, 0) is 14.8 Å². The Labute approximate surface area is 195 Å². The lowest BCUT2D eigenvalue weighted by molar-refractivity contribution is -0.125. The summed E-state index contributed by atoms with van der Waals surface area (Å²) >= 11 is 0. The minimum absolute atomic E-state index is 0.145. The first-order valence-corrected chi connectivity index (χ1v) is 13.2. The molecule has 2 aromatic carbocycles. The van der Waals surface area contributed by atoms with Crippen LogP contribution in [0.2, 0.25) is 0 Å². The number of hydrogen-bond acceptors (Lipinski definition) is 5. The summed E-state index contributed by atoms with van der Waals surface area (Å²) in [4.78, 5) is 13.6. The largest absolute Gasteiger partial charge is 0.486 e. The van der Waals surface area contributed by atoms with Gasteiger partial charge in [0.2, 0.25) is 15.9 Å². The molecule has 1 saturated heterocycles. The lowest BCUT2D eigenvalue weighted by Gasteiger charge is -2.33. The Morgan fingerprint density at radius 2 is 1.76 bits per heavy atom. The second kappa shape index (κ2) is 8.99. The zero-order valence-electron chi connectivity index (χ0n) is 18.8. The van der Waals surface area contributed by atoms with Crippen molar-refractivity contribution in [2.75, 3.05) is 13.2 Å². The van der Waals surface area contributed by atoms with Crippen LogP contribution in [0.3, 0.4) is 0 Å². The highest BCUT2D eigenvalue weighted by molar-refractivity contribution is 7.89. The van der Waals surface area contributed by atoms with Gasteiger partial charge in [-0.2, -0.15) is 4.31 Å². The predicted octanol–water partition coefficient (Wildman–Crippen LogP) is 3.66. The van der Waals surface area contributed by atoms with Gasteiger partial charge in [-0.3, -0.25) is 4.79 Å². The fourth-order valence-electron chi connectivity index (χ4n) is 5.43. The summed E-state index contributed by atoms with van der Waals surface area (Å²) in [6.45, 7) is 2.75. The molecular formula is C25H30N2O5S. The van der Waals surface area contributed by atoms with E-state index in [1.807, 2.05) is 37.3 Å². The van der Waals surface area contributed by atoms with Gasteiger partial charge in [0.1, 0.15) is 19.3 Å². The number of ether oxygens (including phenoxy) is 2. The third kappa shape index (κ3) is 4.22. The molecule has 1 N–H and O–H groups in total. The molecule has 8 heteroatoms. The van der Waals surface area contributed by atoms with E-state index in [1.165, 1.54) is 10.4 Å². The Morgan fingerprint density at radius 1 is 1.03 bits per heavy atom. The molecule has 7 nitrogen and oxygen atoms in total. The summed E-state index contributed by atoms with van der Waals surface area (Å²) in [5.41, 5.74) is 0.988. The lowest BCUT2D eigenvalue weighted by atomic mass is 9.85. The van der Waals surface area contributed by atoms with E-state index in [4.69, 9.17) is 9.47 Å². The maximum absolute atomic E-state index is 13.9. The molecule has 0 unspecified atom stereocenters. The quantitative estimate of drug-likeness (QED) is 0.721. The van der Waals surface area contributed by atoms with Gasteiger partial charge < -0.3 is 14.8 Å². The molecule has 1 amide bonds. The van der Waals surface area contributed by atoms with Gasteiger partial charge in [0.25, 0.3) is 0 Å². The van der Waals surface area contributed by atoms with Gasteiger partial charge >= 0.3 is 0 Å². The number of benzene rings is 2. The number of amides is 1. The number of sulfonamides is 1. The van der Waals surface area contributed by atoms with Crippen molar-refractivity contribution < 1.29 is 22.7 Å². The standard InChI is InChI=1S/C25H30N2O5S/c1-17(18-7-3-2-4-8-18)26-25(28)22-15-19-9-5-6-10-21(19)27(22)33(29,30)20-11-12-23-24(16-20)32-14-13-31-23/h2-4,7-8,11-12,16-17,19,21-22H,5-6,9-10,13-15H2,1H3,(H,26,28)/t17-,19+,21-,22-/m0/s1. The summed E-state index contributed by atoms with van der Waals surface area (Å²) in [5.74, 6) is 0.943. The second-order valence-electron chi connectivity index (χ2n) is 9.14. The number of fused-ring (bicyclic) bond motifs is 2. The molecule has 1 aliphatic carbocycles. The van der Waals surface area contributed by atoms with Crippen LogP contribution < -0.4 is 14.8 Å². The van der Waals surface area contributed by atoms with Crippen LogP contribution in [-0.4, -0.2) is 43.9 Å². The van der Waals surface area contributed by atoms with E-state index in [9.17, 15) is 13.2 Å². The molecule has 0 spiro atoms. The van der Waals surface area contributed by atoms with Crippen LogP contribution in [0.1, 0.15) is 50.6 Å². The van der Waals surface area contributed by atoms with Gasteiger partial charge in [0.15, 0.2) is 11.5 Å². The molecule has 2 fully saturated rings. The van der Waals surface area contributed by atoms with Crippen molar-refractivity contribution in [2.24, 2.45) is 5.92 Å². The first kappa shape index (κ1) is 22.2. The summed E-state index contributed by atoms with van der Waals surface area (Å²) in [6.07, 6.45) is 4.35. The number of nitrogens with zero attached hydrogens (tertiary/aromatic N) is 1. The number of rotatable bonds is 5. The SMILES string of the molecule is C[C@H](NC(=O)[C@@H]1C[C@H]2CCCC[C@@H]2N1S(=O)(=O)c1ccc2c(c1)OCCO2)c1ccccc1. The van der Waals surface area contributed by atoms with Gasteiger partial charge in [0.05, 0.1) is 10.9 Å². The van der Waals surface area contributed by atoms with Crippen molar-refractivity contribution in [3.05, 3.63) is 54.1 Å². The Balaban J connectivity index is 1.45. The van der Waals surface area contributed by atoms with E-state index in [2.05, 4.69) is 5.32 Å². The van der Waals surface area contributed by atoms with Crippen LogP contribution in [0.15, 0.2) is 53.4 Å². The average molecular weight is 471 g/mol. The molecule has 0 aromatic heterocycles. The van der Waals surface area contributed by atoms with Crippen molar-refractivity contribution in [1.29, 1.82) is 0 Å². The maximum Gasteiger partial charge on any atom is 0.244 e. The fraction of sp³-hybridized carbons (Fsp3) is 0.480. The van der Waals surface area contributed by atoms with Crippen molar-refractivity contribution >= 4 is 15.9 Å². The summed E-state index contributed by atoms with van der Waals surface area (Å²) in [6, 6.07) is 13.4. The Bertz CT molecular complexity index is 1120. The van der Waals surface area contributed by atoms with Crippen LogP contribution in [0.25, 0.3) is 0 Å². The second-order valence-corrected chi connectivity index (χ2v) is 11.0. The summed E-state index contributed by atoms with van der Waals surface area (Å²) < 4.78 is 40.5. The van der Waals surface area contributed by atoms with E-state index < -0.39 is 16.1 Å². The molecule has 33 heavy (non-hydrogen) atoms. The molecule has 0 bridgehead atoms. The Hall–Kier alpha value is -2.58. The molecule has 4 atom stereocenters. The number of hydrogen-bond donors (Lipinski definition) is 1. The van der Waals surface area contributed by atoms with Crippen LogP contribution in [0.4, 0.5) is 0 Å². The smallest absolute Gasteiger partial charge is 0.244 e. The van der Waals surface area contributed by atoms with E-state index in [0.29, 0.717) is 31.1 Å². The van der Waals surface area contributed by atoms with Crippen molar-refractivity contribution in [3.8, 4) is 11.5 Å². The van der Waals surface area contributed by atoms with Crippen LogP contribution in [0, 0.1) is 5.92 Å². The van der Waals surface area contributed by atoms with Gasteiger partial charge in [-0.05, 0) is 49.8 Å². The molecule has 2 heterocycles.